The summed E-state index contributed by atoms with van der Waals surface area (Å²) < 4.78 is 0. The number of nitrogens with zero attached hydrogens (tertiary/aromatic N) is 4. The van der Waals surface area contributed by atoms with E-state index in [1.54, 1.807) is 0 Å². The molecule has 4 aromatic carbocycles. The number of hydrogen-bond donors (Lipinski definition) is 1. The molecule has 5 aromatic rings. The molecule has 48 heavy (non-hydrogen) atoms. The first-order chi connectivity index (χ1) is 23.6. The first-order valence-electron chi connectivity index (χ1n) is 16.4. The van der Waals surface area contributed by atoms with Crippen LogP contribution in [0.25, 0.3) is 6.08 Å². The number of piperazine rings is 1. The predicted molar refractivity (Wildman–Crippen MR) is 199 cm³/mol. The molecule has 0 radical (unpaired) electrons. The first kappa shape index (κ1) is 33.5. The van der Waals surface area contributed by atoms with Gasteiger partial charge in [0.25, 0.3) is 5.91 Å². The SMILES string of the molecule is O=C(NCCC(c1ccccc1)c1ccccc1)c1cccc(CSc2nc(Cl)cc(N3CCN(C/C=C/c4ccccc4)CC3)n2)c1. The third-order valence-corrected chi connectivity index (χ3v) is 9.62. The molecule has 0 aliphatic carbocycles. The number of halogens is 1. The molecule has 6 nitrogen and oxygen atoms in total. The van der Waals surface area contributed by atoms with Gasteiger partial charge in [-0.25, -0.2) is 9.97 Å². The van der Waals surface area contributed by atoms with Gasteiger partial charge in [-0.1, -0.05) is 139 Å². The van der Waals surface area contributed by atoms with Crippen molar-refractivity contribution in [2.45, 2.75) is 23.2 Å². The second-order valence-corrected chi connectivity index (χ2v) is 13.2. The summed E-state index contributed by atoms with van der Waals surface area (Å²) in [4.78, 5) is 27.2. The normalized spacial score (nSPS) is 13.7. The van der Waals surface area contributed by atoms with Crippen molar-refractivity contribution in [1.29, 1.82) is 0 Å². The van der Waals surface area contributed by atoms with Crippen molar-refractivity contribution in [3.8, 4) is 0 Å². The Bertz CT molecular complexity index is 1740. The zero-order valence-corrected chi connectivity index (χ0v) is 28.5. The third kappa shape index (κ3) is 9.57. The Morgan fingerprint density at radius 3 is 2.17 bits per heavy atom. The molecule has 0 bridgehead atoms. The number of aromatic nitrogens is 2. The summed E-state index contributed by atoms with van der Waals surface area (Å²) in [5.41, 5.74) is 5.39. The summed E-state index contributed by atoms with van der Waals surface area (Å²) in [5, 5.41) is 4.21. The molecule has 8 heteroatoms. The van der Waals surface area contributed by atoms with Gasteiger partial charge in [-0.3, -0.25) is 9.69 Å². The summed E-state index contributed by atoms with van der Waals surface area (Å²) in [6.45, 7) is 5.17. The molecule has 0 saturated carbocycles. The molecule has 1 aliphatic heterocycles. The summed E-state index contributed by atoms with van der Waals surface area (Å²) in [6, 6.07) is 41.0. The maximum Gasteiger partial charge on any atom is 0.251 e. The van der Waals surface area contributed by atoms with Crippen LogP contribution in [0.1, 0.15) is 45.0 Å². The van der Waals surface area contributed by atoms with Crippen molar-refractivity contribution in [1.82, 2.24) is 20.2 Å². The second kappa shape index (κ2) is 17.1. The van der Waals surface area contributed by atoms with Crippen LogP contribution in [0.5, 0.6) is 0 Å². The zero-order valence-electron chi connectivity index (χ0n) is 26.9. The number of benzene rings is 4. The van der Waals surface area contributed by atoms with E-state index in [0.717, 1.165) is 50.5 Å². The lowest BCUT2D eigenvalue weighted by Crippen LogP contribution is -2.46. The van der Waals surface area contributed by atoms with Gasteiger partial charge in [0.05, 0.1) is 0 Å². The summed E-state index contributed by atoms with van der Waals surface area (Å²) in [5.74, 6) is 1.63. The maximum atomic E-state index is 13.2. The van der Waals surface area contributed by atoms with Gasteiger partial charge >= 0.3 is 0 Å². The van der Waals surface area contributed by atoms with E-state index in [9.17, 15) is 4.79 Å². The van der Waals surface area contributed by atoms with Gasteiger partial charge in [0, 0.05) is 62.6 Å². The van der Waals surface area contributed by atoms with Crippen LogP contribution in [0, 0.1) is 0 Å². The van der Waals surface area contributed by atoms with Crippen LogP contribution in [-0.4, -0.2) is 60.0 Å². The number of nitrogens with one attached hydrogen (secondary N) is 1. The molecule has 244 valence electrons. The average molecular weight is 674 g/mol. The van der Waals surface area contributed by atoms with Crippen LogP contribution < -0.4 is 10.2 Å². The van der Waals surface area contributed by atoms with Gasteiger partial charge in [0.2, 0.25) is 0 Å². The molecule has 1 fully saturated rings. The van der Waals surface area contributed by atoms with Crippen LogP contribution in [0.15, 0.2) is 133 Å². The molecular weight excluding hydrogens is 634 g/mol. The lowest BCUT2D eigenvalue weighted by molar-refractivity contribution is 0.0952. The van der Waals surface area contributed by atoms with Crippen LogP contribution in [0.3, 0.4) is 0 Å². The van der Waals surface area contributed by atoms with E-state index in [1.807, 2.05) is 48.5 Å². The molecule has 1 amide bonds. The molecule has 0 atom stereocenters. The minimum Gasteiger partial charge on any atom is -0.354 e. The van der Waals surface area contributed by atoms with E-state index < -0.39 is 0 Å². The van der Waals surface area contributed by atoms with Crippen LogP contribution in [0.4, 0.5) is 5.82 Å². The first-order valence-corrected chi connectivity index (χ1v) is 17.8. The Kier molecular flexibility index (Phi) is 11.9. The fraction of sp³-hybridized carbons (Fsp3) is 0.225. The van der Waals surface area contributed by atoms with Crippen molar-refractivity contribution < 1.29 is 4.79 Å². The highest BCUT2D eigenvalue weighted by molar-refractivity contribution is 7.98. The van der Waals surface area contributed by atoms with Crippen molar-refractivity contribution in [3.05, 3.63) is 160 Å². The number of carbonyl (C=O) groups is 1. The Labute approximate surface area is 292 Å². The number of rotatable bonds is 13. The predicted octanol–water partition coefficient (Wildman–Crippen LogP) is 8.21. The minimum absolute atomic E-state index is 0.0716. The number of anilines is 1. The number of hydrogen-bond acceptors (Lipinski definition) is 6. The molecular formula is C40H40ClN5OS. The van der Waals surface area contributed by atoms with E-state index >= 15 is 0 Å². The minimum atomic E-state index is -0.0716. The molecule has 1 saturated heterocycles. The summed E-state index contributed by atoms with van der Waals surface area (Å²) in [7, 11) is 0. The fourth-order valence-electron chi connectivity index (χ4n) is 5.95. The number of amides is 1. The fourth-order valence-corrected chi connectivity index (χ4v) is 6.98. The molecule has 1 aromatic heterocycles. The largest absolute Gasteiger partial charge is 0.354 e. The second-order valence-electron chi connectivity index (χ2n) is 11.8. The lowest BCUT2D eigenvalue weighted by Gasteiger charge is -2.35. The van der Waals surface area contributed by atoms with E-state index in [0.29, 0.717) is 28.2 Å². The Morgan fingerprint density at radius 2 is 1.48 bits per heavy atom. The average Bonchev–Trinajstić information content (AvgIpc) is 3.14. The molecule has 6 rings (SSSR count). The molecule has 1 N–H and O–H groups in total. The molecule has 2 heterocycles. The van der Waals surface area contributed by atoms with Crippen LogP contribution >= 0.6 is 23.4 Å². The van der Waals surface area contributed by atoms with E-state index in [-0.39, 0.29) is 11.8 Å². The zero-order chi connectivity index (χ0) is 33.0. The topological polar surface area (TPSA) is 61.4 Å². The van der Waals surface area contributed by atoms with Gasteiger partial charge in [0.1, 0.15) is 11.0 Å². The summed E-state index contributed by atoms with van der Waals surface area (Å²) >= 11 is 7.99. The van der Waals surface area contributed by atoms with Gasteiger partial charge in [-0.2, -0.15) is 0 Å². The Balaban J connectivity index is 1.000. The van der Waals surface area contributed by atoms with Crippen LogP contribution in [0.2, 0.25) is 5.15 Å². The van der Waals surface area contributed by atoms with Crippen LogP contribution in [-0.2, 0) is 5.75 Å². The van der Waals surface area contributed by atoms with Crippen molar-refractivity contribution >= 4 is 41.2 Å². The lowest BCUT2D eigenvalue weighted by atomic mass is 9.88. The van der Waals surface area contributed by atoms with Gasteiger partial charge in [-0.15, -0.1) is 0 Å². The highest BCUT2D eigenvalue weighted by Gasteiger charge is 2.19. The van der Waals surface area contributed by atoms with Gasteiger partial charge in [-0.05, 0) is 40.8 Å². The Hall–Kier alpha value is -4.43. The summed E-state index contributed by atoms with van der Waals surface area (Å²) in [6.07, 6.45) is 5.22. The number of carbonyl (C=O) groups excluding carboxylic acids is 1. The van der Waals surface area contributed by atoms with E-state index in [2.05, 4.69) is 105 Å². The molecule has 0 unspecified atom stereocenters. The monoisotopic (exact) mass is 673 g/mol. The van der Waals surface area contributed by atoms with Crippen molar-refractivity contribution in [3.63, 3.8) is 0 Å². The Morgan fingerprint density at radius 1 is 0.812 bits per heavy atom. The van der Waals surface area contributed by atoms with Crippen molar-refractivity contribution in [2.75, 3.05) is 44.2 Å². The highest BCUT2D eigenvalue weighted by atomic mass is 35.5. The van der Waals surface area contributed by atoms with Crippen molar-refractivity contribution in [2.24, 2.45) is 0 Å². The van der Waals surface area contributed by atoms with E-state index in [1.165, 1.54) is 28.5 Å². The van der Waals surface area contributed by atoms with Gasteiger partial charge in [0.15, 0.2) is 5.16 Å². The molecule has 1 aliphatic rings. The highest BCUT2D eigenvalue weighted by Crippen LogP contribution is 2.28. The molecule has 0 spiro atoms. The standard InChI is InChI=1S/C40H40ClN5OS/c41-37-29-38(46-26-24-45(25-27-46)23-11-15-31-12-4-1-5-13-31)44-40(43-37)48-30-32-14-10-20-35(28-32)39(47)42-22-21-36(33-16-6-2-7-17-33)34-18-8-3-9-19-34/h1-20,28-29,36H,21-27,30H2,(H,42,47)/b15-11+. The van der Waals surface area contributed by atoms with Gasteiger partial charge < -0.3 is 10.2 Å². The quantitative estimate of drug-likeness (QED) is 0.0772. The third-order valence-electron chi connectivity index (χ3n) is 8.51. The maximum absolute atomic E-state index is 13.2. The smallest absolute Gasteiger partial charge is 0.251 e. The van der Waals surface area contributed by atoms with E-state index in [4.69, 9.17) is 16.6 Å². The number of thioether (sulfide) groups is 1.